The highest BCUT2D eigenvalue weighted by Crippen LogP contribution is 2.22. The highest BCUT2D eigenvalue weighted by Gasteiger charge is 2.40. The van der Waals surface area contributed by atoms with Gasteiger partial charge < -0.3 is 4.74 Å². The number of alkyl halides is 3. The molecule has 18 heavy (non-hydrogen) atoms. The summed E-state index contributed by atoms with van der Waals surface area (Å²) >= 11 is 0. The van der Waals surface area contributed by atoms with Crippen LogP contribution in [0.4, 0.5) is 13.2 Å². The summed E-state index contributed by atoms with van der Waals surface area (Å²) in [7, 11) is -3.24. The summed E-state index contributed by atoms with van der Waals surface area (Å²) in [5.41, 5.74) is 0. The van der Waals surface area contributed by atoms with Crippen molar-refractivity contribution in [1.29, 1.82) is 0 Å². The fourth-order valence-electron chi connectivity index (χ4n) is 1.66. The van der Waals surface area contributed by atoms with E-state index in [1.165, 1.54) is 4.72 Å². The van der Waals surface area contributed by atoms with Gasteiger partial charge in [0, 0.05) is 6.54 Å². The van der Waals surface area contributed by atoms with Gasteiger partial charge in [0.2, 0.25) is 0 Å². The van der Waals surface area contributed by atoms with Crippen LogP contribution in [0, 0.1) is 0 Å². The lowest BCUT2D eigenvalue weighted by Crippen LogP contribution is -2.48. The van der Waals surface area contributed by atoms with Crippen LogP contribution in [0.2, 0.25) is 0 Å². The zero-order chi connectivity index (χ0) is 14.0. The zero-order valence-electron chi connectivity index (χ0n) is 9.53. The van der Waals surface area contributed by atoms with Gasteiger partial charge in [-0.15, -0.1) is 0 Å². The van der Waals surface area contributed by atoms with Crippen molar-refractivity contribution in [2.24, 2.45) is 0 Å². The van der Waals surface area contributed by atoms with Gasteiger partial charge in [-0.05, 0) is 12.8 Å². The monoisotopic (exact) mass is 290 g/mol. The molecule has 1 aliphatic heterocycles. The predicted molar refractivity (Wildman–Crippen MR) is 54.7 cm³/mol. The average molecular weight is 290 g/mol. The van der Waals surface area contributed by atoms with Crippen molar-refractivity contribution in [2.75, 3.05) is 20.2 Å². The maximum Gasteiger partial charge on any atom is 0.402 e. The second-order valence-electron chi connectivity index (χ2n) is 3.73. The highest BCUT2D eigenvalue weighted by molar-refractivity contribution is 7.87. The van der Waals surface area contributed by atoms with Gasteiger partial charge in [0.1, 0.15) is 12.6 Å². The smallest absolute Gasteiger partial charge is 0.402 e. The van der Waals surface area contributed by atoms with Crippen LogP contribution in [0.5, 0.6) is 0 Å². The van der Waals surface area contributed by atoms with Gasteiger partial charge in [0.15, 0.2) is 0 Å². The zero-order valence-corrected chi connectivity index (χ0v) is 10.3. The molecule has 0 aliphatic carbocycles. The molecule has 1 atom stereocenters. The summed E-state index contributed by atoms with van der Waals surface area (Å²) in [6.45, 7) is -1.67. The Morgan fingerprint density at radius 2 is 2.11 bits per heavy atom. The van der Waals surface area contributed by atoms with E-state index >= 15 is 0 Å². The molecule has 0 bridgehead atoms. The van der Waals surface area contributed by atoms with Crippen molar-refractivity contribution in [3.63, 3.8) is 0 Å². The van der Waals surface area contributed by atoms with Crippen molar-refractivity contribution in [3.05, 3.63) is 0 Å². The Morgan fingerprint density at radius 1 is 1.50 bits per heavy atom. The number of nitrogens with one attached hydrogen (secondary N) is 1. The first-order valence-electron chi connectivity index (χ1n) is 5.08. The molecule has 0 aromatic heterocycles. The number of esters is 1. The first kappa shape index (κ1) is 15.2. The number of nitrogens with zero attached hydrogens (tertiary/aromatic N) is 1. The van der Waals surface area contributed by atoms with Crippen LogP contribution >= 0.6 is 0 Å². The molecule has 1 fully saturated rings. The minimum atomic E-state index is -4.65. The molecule has 1 unspecified atom stereocenters. The van der Waals surface area contributed by atoms with Crippen LogP contribution < -0.4 is 4.72 Å². The highest BCUT2D eigenvalue weighted by atomic mass is 32.2. The fraction of sp³-hybridized carbons (Fsp3) is 0.875. The summed E-state index contributed by atoms with van der Waals surface area (Å²) in [5, 5.41) is 0. The number of methoxy groups -OCH3 is 1. The van der Waals surface area contributed by atoms with E-state index in [2.05, 4.69) is 4.74 Å². The number of rotatable bonds is 4. The maximum atomic E-state index is 12.0. The van der Waals surface area contributed by atoms with Gasteiger partial charge in [-0.3, -0.25) is 4.79 Å². The van der Waals surface area contributed by atoms with Crippen LogP contribution in [0.3, 0.4) is 0 Å². The first-order valence-corrected chi connectivity index (χ1v) is 6.52. The van der Waals surface area contributed by atoms with Gasteiger partial charge in [-0.25, -0.2) is 0 Å². The van der Waals surface area contributed by atoms with Crippen LogP contribution in [0.15, 0.2) is 0 Å². The summed E-state index contributed by atoms with van der Waals surface area (Å²) < 4.78 is 65.6. The summed E-state index contributed by atoms with van der Waals surface area (Å²) in [5.74, 6) is -0.773. The van der Waals surface area contributed by atoms with Crippen molar-refractivity contribution in [3.8, 4) is 0 Å². The molecule has 106 valence electrons. The standard InChI is InChI=1S/C8H13F3N2O4S/c1-17-7(14)6-3-2-4-13(6)18(15,16)12-5-8(9,10)11/h6,12H,2-5H2,1H3. The van der Waals surface area contributed by atoms with Gasteiger partial charge >= 0.3 is 12.1 Å². The lowest BCUT2D eigenvalue weighted by molar-refractivity contribution is -0.144. The Morgan fingerprint density at radius 3 is 2.61 bits per heavy atom. The Hall–Kier alpha value is -0.870. The molecule has 1 rings (SSSR count). The third-order valence-electron chi connectivity index (χ3n) is 2.44. The van der Waals surface area contributed by atoms with Crippen molar-refractivity contribution in [2.45, 2.75) is 25.1 Å². The van der Waals surface area contributed by atoms with Crippen molar-refractivity contribution in [1.82, 2.24) is 9.03 Å². The molecular weight excluding hydrogens is 277 g/mol. The quantitative estimate of drug-likeness (QED) is 0.741. The molecule has 10 heteroatoms. The molecule has 0 amide bonds. The number of hydrogen-bond donors (Lipinski definition) is 1. The lowest BCUT2D eigenvalue weighted by Gasteiger charge is -2.22. The summed E-state index contributed by atoms with van der Waals surface area (Å²) in [6, 6.07) is -1.05. The Bertz CT molecular complexity index is 409. The number of carbonyl (C=O) groups excluding carboxylic acids is 1. The largest absolute Gasteiger partial charge is 0.468 e. The Balaban J connectivity index is 2.75. The van der Waals surface area contributed by atoms with Crippen molar-refractivity contribution >= 4 is 16.2 Å². The molecule has 1 aliphatic rings. The minimum absolute atomic E-state index is 0.00699. The predicted octanol–water partition coefficient (Wildman–Crippen LogP) is 0.0205. The molecule has 1 saturated heterocycles. The second kappa shape index (κ2) is 5.41. The van der Waals surface area contributed by atoms with E-state index in [-0.39, 0.29) is 13.0 Å². The Kier molecular flexibility index (Phi) is 4.56. The fourth-order valence-corrected chi connectivity index (χ4v) is 3.06. The number of hydrogen-bond acceptors (Lipinski definition) is 4. The van der Waals surface area contributed by atoms with E-state index in [4.69, 9.17) is 0 Å². The van der Waals surface area contributed by atoms with Crippen LogP contribution in [-0.2, 0) is 19.7 Å². The summed E-state index contributed by atoms with van der Waals surface area (Å²) in [6.07, 6.45) is -4.01. The molecule has 1 heterocycles. The number of carbonyl (C=O) groups is 1. The van der Waals surface area contributed by atoms with E-state index in [1.807, 2.05) is 0 Å². The maximum absolute atomic E-state index is 12.0. The van der Waals surface area contributed by atoms with Crippen LogP contribution in [0.1, 0.15) is 12.8 Å². The van der Waals surface area contributed by atoms with E-state index in [9.17, 15) is 26.4 Å². The summed E-state index contributed by atoms with van der Waals surface area (Å²) in [4.78, 5) is 11.3. The normalized spacial score (nSPS) is 22.1. The molecule has 0 spiro atoms. The molecule has 6 nitrogen and oxygen atoms in total. The van der Waals surface area contributed by atoms with E-state index in [1.54, 1.807) is 0 Å². The van der Waals surface area contributed by atoms with Crippen molar-refractivity contribution < 1.29 is 31.1 Å². The lowest BCUT2D eigenvalue weighted by atomic mass is 10.2. The van der Waals surface area contributed by atoms with Gasteiger partial charge in [0.05, 0.1) is 7.11 Å². The van der Waals surface area contributed by atoms with E-state index in [0.29, 0.717) is 10.7 Å². The molecule has 0 saturated carbocycles. The SMILES string of the molecule is COC(=O)C1CCCN1S(=O)(=O)NCC(F)(F)F. The van der Waals surface area contributed by atoms with Gasteiger partial charge in [0.25, 0.3) is 10.2 Å². The number of ether oxygens (including phenoxy) is 1. The molecule has 0 radical (unpaired) electrons. The van der Waals surface area contributed by atoms with Crippen LogP contribution in [-0.4, -0.2) is 51.1 Å². The number of halogens is 3. The molecule has 0 aromatic rings. The van der Waals surface area contributed by atoms with E-state index in [0.717, 1.165) is 7.11 Å². The Labute approximate surface area is 102 Å². The second-order valence-corrected chi connectivity index (χ2v) is 5.44. The van der Waals surface area contributed by atoms with Gasteiger partial charge in [-0.2, -0.15) is 30.6 Å². The van der Waals surface area contributed by atoms with Gasteiger partial charge in [-0.1, -0.05) is 0 Å². The molecular formula is C8H13F3N2O4S. The van der Waals surface area contributed by atoms with Crippen LogP contribution in [0.25, 0.3) is 0 Å². The third-order valence-corrected chi connectivity index (χ3v) is 4.00. The topological polar surface area (TPSA) is 75.7 Å². The first-order chi connectivity index (χ1) is 8.17. The molecule has 0 aromatic carbocycles. The average Bonchev–Trinajstić information content (AvgIpc) is 2.74. The minimum Gasteiger partial charge on any atom is -0.468 e. The molecule has 1 N–H and O–H groups in total. The van der Waals surface area contributed by atoms with E-state index < -0.39 is 34.9 Å². The third kappa shape index (κ3) is 3.82.